The molecule has 0 radical (unpaired) electrons. The van der Waals surface area contributed by atoms with Crippen LogP contribution in [0.3, 0.4) is 0 Å². The van der Waals surface area contributed by atoms with Gasteiger partial charge in [-0.25, -0.2) is 8.42 Å². The molecule has 1 aromatic rings. The van der Waals surface area contributed by atoms with Crippen molar-refractivity contribution in [1.29, 1.82) is 0 Å². The van der Waals surface area contributed by atoms with Crippen LogP contribution in [0.15, 0.2) is 34.1 Å². The maximum atomic E-state index is 12.0. The molecule has 72 valence electrons. The molecule has 2 nitrogen and oxygen atoms in total. The molecule has 0 fully saturated rings. The van der Waals surface area contributed by atoms with Gasteiger partial charge in [-0.15, -0.1) is 12.6 Å². The maximum absolute atomic E-state index is 12.0. The normalized spacial score (nSPS) is 12.0. The average molecular weight is 224 g/mol. The third-order valence-corrected chi connectivity index (χ3v) is 3.10. The van der Waals surface area contributed by atoms with Crippen LogP contribution in [0.4, 0.5) is 8.78 Å². The van der Waals surface area contributed by atoms with E-state index in [-0.39, 0.29) is 4.90 Å². The first-order chi connectivity index (χ1) is 5.94. The number of alkyl halides is 2. The molecular formula is C7H6F2O2S2. The Balaban J connectivity index is 3.17. The Hall–Kier alpha value is -0.620. The molecule has 0 spiro atoms. The van der Waals surface area contributed by atoms with Gasteiger partial charge in [-0.1, -0.05) is 0 Å². The van der Waals surface area contributed by atoms with Crippen LogP contribution in [0.5, 0.6) is 0 Å². The molecule has 0 aliphatic rings. The number of sulfone groups is 1. The van der Waals surface area contributed by atoms with Crippen molar-refractivity contribution in [3.63, 3.8) is 0 Å². The van der Waals surface area contributed by atoms with E-state index in [1.165, 1.54) is 12.1 Å². The lowest BCUT2D eigenvalue weighted by atomic mass is 10.4. The molecule has 0 bridgehead atoms. The van der Waals surface area contributed by atoms with Gasteiger partial charge in [0, 0.05) is 4.90 Å². The molecule has 0 amide bonds. The smallest absolute Gasteiger partial charge is 0.218 e. The lowest BCUT2D eigenvalue weighted by molar-refractivity contribution is 0.234. The largest absolute Gasteiger partial charge is 0.341 e. The predicted molar refractivity (Wildman–Crippen MR) is 46.9 cm³/mol. The standard InChI is InChI=1S/C7H6F2O2S2/c8-7(9)13(10,11)6-3-1-5(12)2-4-6/h1-4,7,12H. The number of halogens is 2. The Morgan fingerprint density at radius 3 is 2.00 bits per heavy atom. The zero-order valence-electron chi connectivity index (χ0n) is 6.31. The minimum atomic E-state index is -4.46. The number of rotatable bonds is 2. The molecule has 0 aliphatic carbocycles. The molecule has 0 heterocycles. The summed E-state index contributed by atoms with van der Waals surface area (Å²) in [4.78, 5) is 0.133. The first kappa shape index (κ1) is 10.5. The average Bonchev–Trinajstić information content (AvgIpc) is 2.04. The van der Waals surface area contributed by atoms with Crippen molar-refractivity contribution in [3.8, 4) is 0 Å². The van der Waals surface area contributed by atoms with Crippen LogP contribution in [-0.2, 0) is 9.84 Å². The number of hydrogen-bond acceptors (Lipinski definition) is 3. The fourth-order valence-corrected chi connectivity index (χ4v) is 1.61. The van der Waals surface area contributed by atoms with E-state index in [2.05, 4.69) is 12.6 Å². The van der Waals surface area contributed by atoms with Gasteiger partial charge in [0.1, 0.15) is 0 Å². The highest BCUT2D eigenvalue weighted by atomic mass is 32.2. The van der Waals surface area contributed by atoms with E-state index in [1.54, 1.807) is 0 Å². The van der Waals surface area contributed by atoms with Crippen molar-refractivity contribution in [2.45, 2.75) is 15.5 Å². The van der Waals surface area contributed by atoms with Crippen LogP contribution in [0.1, 0.15) is 0 Å². The highest BCUT2D eigenvalue weighted by molar-refractivity contribution is 7.91. The summed E-state index contributed by atoms with van der Waals surface area (Å²) in [7, 11) is -4.46. The van der Waals surface area contributed by atoms with Gasteiger partial charge in [-0.3, -0.25) is 0 Å². The van der Waals surface area contributed by atoms with Gasteiger partial charge < -0.3 is 0 Å². The Labute approximate surface area is 79.9 Å². The second kappa shape index (κ2) is 3.63. The predicted octanol–water partition coefficient (Wildman–Crippen LogP) is 1.97. The highest BCUT2D eigenvalue weighted by Crippen LogP contribution is 2.19. The molecule has 0 aliphatic heterocycles. The van der Waals surface area contributed by atoms with Crippen molar-refractivity contribution in [2.24, 2.45) is 0 Å². The second-order valence-corrected chi connectivity index (χ2v) is 4.73. The molecule has 0 atom stereocenters. The van der Waals surface area contributed by atoms with Gasteiger partial charge in [0.2, 0.25) is 9.84 Å². The van der Waals surface area contributed by atoms with E-state index in [0.29, 0.717) is 4.90 Å². The van der Waals surface area contributed by atoms with E-state index in [4.69, 9.17) is 0 Å². The van der Waals surface area contributed by atoms with Gasteiger partial charge in [0.15, 0.2) is 0 Å². The zero-order chi connectivity index (χ0) is 10.1. The SMILES string of the molecule is O=S(=O)(c1ccc(S)cc1)C(F)F. The van der Waals surface area contributed by atoms with Crippen molar-refractivity contribution in [2.75, 3.05) is 0 Å². The van der Waals surface area contributed by atoms with Crippen LogP contribution in [-0.4, -0.2) is 14.2 Å². The minimum absolute atomic E-state index is 0.389. The lowest BCUT2D eigenvalue weighted by Gasteiger charge is -2.01. The van der Waals surface area contributed by atoms with E-state index < -0.39 is 15.6 Å². The fourth-order valence-electron chi connectivity index (χ4n) is 0.739. The second-order valence-electron chi connectivity index (χ2n) is 2.30. The monoisotopic (exact) mass is 224 g/mol. The van der Waals surface area contributed by atoms with Gasteiger partial charge in [-0.05, 0) is 24.3 Å². The van der Waals surface area contributed by atoms with Crippen molar-refractivity contribution >= 4 is 22.5 Å². The van der Waals surface area contributed by atoms with Crippen molar-refractivity contribution in [1.82, 2.24) is 0 Å². The van der Waals surface area contributed by atoms with Crippen molar-refractivity contribution in [3.05, 3.63) is 24.3 Å². The third-order valence-electron chi connectivity index (χ3n) is 1.40. The molecule has 13 heavy (non-hydrogen) atoms. The van der Waals surface area contributed by atoms with E-state index in [9.17, 15) is 17.2 Å². The van der Waals surface area contributed by atoms with Gasteiger partial charge in [0.05, 0.1) is 4.90 Å². The summed E-state index contributed by atoms with van der Waals surface area (Å²) < 4.78 is 45.7. The van der Waals surface area contributed by atoms with Gasteiger partial charge >= 0.3 is 5.76 Å². The summed E-state index contributed by atoms with van der Waals surface area (Å²) in [6, 6.07) is 4.89. The van der Waals surface area contributed by atoms with Crippen LogP contribution in [0, 0.1) is 0 Å². The third kappa shape index (κ3) is 2.19. The molecular weight excluding hydrogens is 218 g/mol. The van der Waals surface area contributed by atoms with Crippen molar-refractivity contribution < 1.29 is 17.2 Å². The summed E-state index contributed by atoms with van der Waals surface area (Å²) in [5.74, 6) is -3.38. The molecule has 0 unspecified atom stereocenters. The summed E-state index contributed by atoms with van der Waals surface area (Å²) in [6.07, 6.45) is 0. The first-order valence-electron chi connectivity index (χ1n) is 3.25. The lowest BCUT2D eigenvalue weighted by Crippen LogP contribution is -2.10. The molecule has 0 aromatic heterocycles. The highest BCUT2D eigenvalue weighted by Gasteiger charge is 2.25. The molecule has 1 aromatic carbocycles. The summed E-state index contributed by atoms with van der Waals surface area (Å²) >= 11 is 3.90. The van der Waals surface area contributed by atoms with Crippen LogP contribution >= 0.6 is 12.6 Å². The molecule has 0 N–H and O–H groups in total. The number of thiol groups is 1. The van der Waals surface area contributed by atoms with Crippen LogP contribution in [0.25, 0.3) is 0 Å². The first-order valence-corrected chi connectivity index (χ1v) is 5.25. The molecule has 0 saturated heterocycles. The molecule has 1 rings (SSSR count). The van der Waals surface area contributed by atoms with Gasteiger partial charge in [0.25, 0.3) is 0 Å². The van der Waals surface area contributed by atoms with E-state index in [1.807, 2.05) is 0 Å². The quantitative estimate of drug-likeness (QED) is 0.779. The Morgan fingerprint density at radius 1 is 1.15 bits per heavy atom. The Kier molecular flexibility index (Phi) is 2.92. The summed E-state index contributed by atoms with van der Waals surface area (Å²) in [6.45, 7) is 0. The maximum Gasteiger partial charge on any atom is 0.341 e. The Morgan fingerprint density at radius 2 is 1.62 bits per heavy atom. The Bertz CT molecular complexity index is 383. The van der Waals surface area contributed by atoms with E-state index in [0.717, 1.165) is 12.1 Å². The van der Waals surface area contributed by atoms with Crippen LogP contribution in [0.2, 0.25) is 0 Å². The summed E-state index contributed by atoms with van der Waals surface area (Å²) in [5, 5.41) is 0. The van der Waals surface area contributed by atoms with Crippen LogP contribution < -0.4 is 0 Å². The fraction of sp³-hybridized carbons (Fsp3) is 0.143. The summed E-state index contributed by atoms with van der Waals surface area (Å²) in [5.41, 5.74) is 0. The van der Waals surface area contributed by atoms with Gasteiger partial charge in [-0.2, -0.15) is 8.78 Å². The topological polar surface area (TPSA) is 34.1 Å². The molecule has 0 saturated carbocycles. The number of benzene rings is 1. The zero-order valence-corrected chi connectivity index (χ0v) is 8.03. The minimum Gasteiger partial charge on any atom is -0.218 e. The van der Waals surface area contributed by atoms with E-state index >= 15 is 0 Å². The molecule has 6 heteroatoms. The number of hydrogen-bond donors (Lipinski definition) is 1.